The number of imidazole rings is 1. The first-order chi connectivity index (χ1) is 14.8. The molecule has 0 amide bonds. The van der Waals surface area contributed by atoms with Gasteiger partial charge in [0.15, 0.2) is 0 Å². The summed E-state index contributed by atoms with van der Waals surface area (Å²) in [5, 5.41) is 14.0. The number of benzene rings is 2. The van der Waals surface area contributed by atoms with Crippen molar-refractivity contribution in [3.8, 4) is 0 Å². The fourth-order valence-corrected chi connectivity index (χ4v) is 4.73. The fourth-order valence-electron chi connectivity index (χ4n) is 3.99. The Balaban J connectivity index is 1.68. The second-order valence-electron chi connectivity index (χ2n) is 7.77. The molecule has 1 atom stereocenters. The van der Waals surface area contributed by atoms with Crippen molar-refractivity contribution in [3.05, 3.63) is 51.8 Å². The van der Waals surface area contributed by atoms with Crippen LogP contribution in [0.1, 0.15) is 37.1 Å². The standard InChI is InChI=1S/C22H24Cl2F2N4O/c1-2-27-14-5-3-13(4-6-14)15(12-31)21-28-17-11-16(23)20(18(24)19(17)29-21)30-9-7-22(25,26)8-10-30/h3-6,11,15,27,31H,2,7-10,12H2,1H3,(H,28,29). The molecule has 2 aromatic carbocycles. The Bertz CT molecular complexity index is 1060. The molecule has 5 nitrogen and oxygen atoms in total. The molecule has 0 aliphatic carbocycles. The molecule has 2 heterocycles. The molecule has 1 fully saturated rings. The van der Waals surface area contributed by atoms with Crippen molar-refractivity contribution in [2.75, 3.05) is 36.5 Å². The summed E-state index contributed by atoms with van der Waals surface area (Å²) in [6, 6.07) is 9.51. The lowest BCUT2D eigenvalue weighted by Crippen LogP contribution is -2.39. The van der Waals surface area contributed by atoms with Gasteiger partial charge in [-0.25, -0.2) is 13.8 Å². The number of aliphatic hydroxyl groups excluding tert-OH is 1. The monoisotopic (exact) mass is 468 g/mol. The number of rotatable bonds is 6. The molecule has 9 heteroatoms. The molecule has 1 aliphatic heterocycles. The van der Waals surface area contributed by atoms with E-state index in [1.807, 2.05) is 31.2 Å². The van der Waals surface area contributed by atoms with Gasteiger partial charge in [-0.2, -0.15) is 0 Å². The Hall–Kier alpha value is -2.09. The lowest BCUT2D eigenvalue weighted by molar-refractivity contribution is -0.0220. The van der Waals surface area contributed by atoms with Gasteiger partial charge < -0.3 is 20.3 Å². The molecule has 3 aromatic rings. The first-order valence-electron chi connectivity index (χ1n) is 10.3. The highest BCUT2D eigenvalue weighted by Gasteiger charge is 2.35. The maximum absolute atomic E-state index is 13.6. The average Bonchev–Trinajstić information content (AvgIpc) is 3.15. The second kappa shape index (κ2) is 8.81. The van der Waals surface area contributed by atoms with Crippen molar-refractivity contribution in [3.63, 3.8) is 0 Å². The Morgan fingerprint density at radius 2 is 1.90 bits per heavy atom. The topological polar surface area (TPSA) is 64.2 Å². The van der Waals surface area contributed by atoms with E-state index in [2.05, 4.69) is 15.3 Å². The van der Waals surface area contributed by atoms with Crippen LogP contribution in [0.5, 0.6) is 0 Å². The number of hydrogen-bond donors (Lipinski definition) is 3. The van der Waals surface area contributed by atoms with Crippen molar-refractivity contribution >= 4 is 45.6 Å². The minimum Gasteiger partial charge on any atom is -0.395 e. The molecule has 3 N–H and O–H groups in total. The van der Waals surface area contributed by atoms with Gasteiger partial charge in [0.05, 0.1) is 33.8 Å². The van der Waals surface area contributed by atoms with E-state index in [4.69, 9.17) is 23.2 Å². The van der Waals surface area contributed by atoms with E-state index in [1.165, 1.54) is 0 Å². The van der Waals surface area contributed by atoms with Gasteiger partial charge in [-0.05, 0) is 30.7 Å². The lowest BCUT2D eigenvalue weighted by atomic mass is 9.99. The third-order valence-electron chi connectivity index (χ3n) is 5.68. The van der Waals surface area contributed by atoms with E-state index in [1.54, 1.807) is 11.0 Å². The van der Waals surface area contributed by atoms with E-state index < -0.39 is 5.92 Å². The Morgan fingerprint density at radius 1 is 1.23 bits per heavy atom. The summed E-state index contributed by atoms with van der Waals surface area (Å²) in [4.78, 5) is 9.65. The molecule has 1 aliphatic rings. The van der Waals surface area contributed by atoms with Gasteiger partial charge in [-0.3, -0.25) is 0 Å². The normalized spacial score (nSPS) is 17.2. The molecular weight excluding hydrogens is 445 g/mol. The third-order valence-corrected chi connectivity index (χ3v) is 6.33. The number of piperidine rings is 1. The minimum atomic E-state index is -2.66. The van der Waals surface area contributed by atoms with Gasteiger partial charge in [-0.15, -0.1) is 0 Å². The van der Waals surface area contributed by atoms with E-state index in [9.17, 15) is 13.9 Å². The quantitative estimate of drug-likeness (QED) is 0.436. The maximum atomic E-state index is 13.6. The number of fused-ring (bicyclic) bond motifs is 1. The number of anilines is 2. The van der Waals surface area contributed by atoms with Crippen LogP contribution in [0.15, 0.2) is 30.3 Å². The minimum absolute atomic E-state index is 0.139. The second-order valence-corrected chi connectivity index (χ2v) is 8.55. The highest BCUT2D eigenvalue weighted by Crippen LogP contribution is 2.42. The molecule has 0 spiro atoms. The highest BCUT2D eigenvalue weighted by molar-refractivity contribution is 6.42. The van der Waals surface area contributed by atoms with Crippen LogP contribution < -0.4 is 10.2 Å². The molecule has 0 bridgehead atoms. The number of halogens is 4. The summed E-state index contributed by atoms with van der Waals surface area (Å²) >= 11 is 13.1. The molecule has 31 heavy (non-hydrogen) atoms. The van der Waals surface area contributed by atoms with Gasteiger partial charge in [0.25, 0.3) is 5.92 Å². The van der Waals surface area contributed by atoms with Gasteiger partial charge in [0.1, 0.15) is 11.3 Å². The number of alkyl halides is 2. The number of nitrogens with zero attached hydrogens (tertiary/aromatic N) is 2. The van der Waals surface area contributed by atoms with Crippen LogP contribution in [0.2, 0.25) is 10.0 Å². The van der Waals surface area contributed by atoms with E-state index >= 15 is 0 Å². The van der Waals surface area contributed by atoms with Crippen LogP contribution in [0.4, 0.5) is 20.2 Å². The number of aromatic amines is 1. The molecule has 4 rings (SSSR count). The van der Waals surface area contributed by atoms with Gasteiger partial charge >= 0.3 is 0 Å². The Labute approximate surface area is 189 Å². The lowest BCUT2D eigenvalue weighted by Gasteiger charge is -2.34. The van der Waals surface area contributed by atoms with E-state index in [0.717, 1.165) is 17.8 Å². The number of hydrogen-bond acceptors (Lipinski definition) is 4. The van der Waals surface area contributed by atoms with E-state index in [-0.39, 0.29) is 38.5 Å². The van der Waals surface area contributed by atoms with Crippen LogP contribution in [0, 0.1) is 0 Å². The summed E-state index contributed by atoms with van der Waals surface area (Å²) in [5.41, 5.74) is 3.58. The molecule has 166 valence electrons. The summed E-state index contributed by atoms with van der Waals surface area (Å²) in [6.45, 7) is 3.05. The Morgan fingerprint density at radius 3 is 2.52 bits per heavy atom. The van der Waals surface area contributed by atoms with Crippen LogP contribution in [-0.2, 0) is 0 Å². The van der Waals surface area contributed by atoms with Crippen LogP contribution in [-0.4, -0.2) is 47.2 Å². The maximum Gasteiger partial charge on any atom is 0.251 e. The summed E-state index contributed by atoms with van der Waals surface area (Å²) in [7, 11) is 0. The molecule has 0 radical (unpaired) electrons. The SMILES string of the molecule is CCNc1ccc(C(CO)c2nc3c(Cl)c(N4CCC(F)(F)CC4)c(Cl)cc3[nH]2)cc1. The van der Waals surface area contributed by atoms with Crippen molar-refractivity contribution in [1.82, 2.24) is 9.97 Å². The summed E-state index contributed by atoms with van der Waals surface area (Å²) < 4.78 is 27.1. The van der Waals surface area contributed by atoms with E-state index in [0.29, 0.717) is 32.6 Å². The van der Waals surface area contributed by atoms with Crippen LogP contribution in [0.25, 0.3) is 11.0 Å². The molecule has 1 saturated heterocycles. The first-order valence-corrected chi connectivity index (χ1v) is 11.0. The number of H-pyrrole nitrogens is 1. The number of nitrogens with one attached hydrogen (secondary N) is 2. The highest BCUT2D eigenvalue weighted by atomic mass is 35.5. The predicted octanol–water partition coefficient (Wildman–Crippen LogP) is 5.66. The molecule has 1 unspecified atom stereocenters. The smallest absolute Gasteiger partial charge is 0.251 e. The van der Waals surface area contributed by atoms with Gasteiger partial charge in [-0.1, -0.05) is 35.3 Å². The van der Waals surface area contributed by atoms with Crippen molar-refractivity contribution in [1.29, 1.82) is 0 Å². The molecule has 0 saturated carbocycles. The predicted molar refractivity (Wildman–Crippen MR) is 122 cm³/mol. The fraction of sp³-hybridized carbons (Fsp3) is 0.409. The largest absolute Gasteiger partial charge is 0.395 e. The van der Waals surface area contributed by atoms with Crippen molar-refractivity contribution in [2.24, 2.45) is 0 Å². The zero-order valence-corrected chi connectivity index (χ0v) is 18.6. The van der Waals surface area contributed by atoms with Crippen molar-refractivity contribution < 1.29 is 13.9 Å². The summed E-state index contributed by atoms with van der Waals surface area (Å²) in [6.07, 6.45) is -0.474. The van der Waals surface area contributed by atoms with Gasteiger partial charge in [0, 0.05) is 38.2 Å². The van der Waals surface area contributed by atoms with Gasteiger partial charge in [0.2, 0.25) is 0 Å². The average molecular weight is 469 g/mol. The van der Waals surface area contributed by atoms with Crippen molar-refractivity contribution in [2.45, 2.75) is 31.6 Å². The van der Waals surface area contributed by atoms with Crippen LogP contribution in [0.3, 0.4) is 0 Å². The Kier molecular flexibility index (Phi) is 6.28. The number of aromatic nitrogens is 2. The molecular formula is C22H24Cl2F2N4O. The molecule has 1 aromatic heterocycles. The number of aliphatic hydroxyl groups is 1. The zero-order valence-electron chi connectivity index (χ0n) is 17.1. The van der Waals surface area contributed by atoms with Crippen LogP contribution >= 0.6 is 23.2 Å². The first kappa shape index (κ1) is 22.1. The third kappa shape index (κ3) is 4.45. The summed E-state index contributed by atoms with van der Waals surface area (Å²) in [5.74, 6) is -2.46. The zero-order chi connectivity index (χ0) is 22.2.